The Balaban J connectivity index is 0.00000675. The topological polar surface area (TPSA) is 273 Å². The third-order valence-corrected chi connectivity index (χ3v) is 14.1. The molecule has 0 saturated carbocycles. The van der Waals surface area contributed by atoms with E-state index in [0.29, 0.717) is 56.6 Å². The predicted molar refractivity (Wildman–Crippen MR) is 288 cm³/mol. The second kappa shape index (κ2) is 20.8. The van der Waals surface area contributed by atoms with Crippen molar-refractivity contribution in [3.63, 3.8) is 0 Å². The first kappa shape index (κ1) is 52.7. The molecule has 7 aromatic carbocycles. The predicted octanol–water partition coefficient (Wildman–Crippen LogP) is 11.3. The average molecular weight is 1180 g/mol. The number of nitrogens with zero attached hydrogens (tertiary/aromatic N) is 8. The average Bonchev–Trinajstić information content (AvgIpc) is 4.25. The van der Waals surface area contributed by atoms with E-state index in [0.717, 1.165) is 52.7 Å². The van der Waals surface area contributed by atoms with Gasteiger partial charge >= 0.3 is 43.4 Å². The fourth-order valence-corrected chi connectivity index (χ4v) is 10.2. The Morgan fingerprint density at radius 1 is 0.475 bits per heavy atom. The number of hydrogen-bond acceptors (Lipinski definition) is 12. The van der Waals surface area contributed by atoms with E-state index in [1.165, 1.54) is 12.1 Å². The third-order valence-electron chi connectivity index (χ3n) is 12.9. The summed E-state index contributed by atoms with van der Waals surface area (Å²) in [5, 5.41) is 40.5. The maximum Gasteiger partial charge on any atom is 2.00 e. The molecule has 0 spiro atoms. The summed E-state index contributed by atoms with van der Waals surface area (Å²) in [7, 11) is 1.81. The van der Waals surface area contributed by atoms with Crippen LogP contribution in [-0.2, 0) is 39.7 Å². The number of aromatic nitrogens is 8. The van der Waals surface area contributed by atoms with E-state index in [4.69, 9.17) is 83.9 Å². The molecule has 4 N–H and O–H groups in total. The van der Waals surface area contributed by atoms with E-state index in [-0.39, 0.29) is 121 Å². The van der Waals surface area contributed by atoms with Gasteiger partial charge in [-0.15, -0.1) is 0 Å². The van der Waals surface area contributed by atoms with Gasteiger partial charge in [-0.3, -0.25) is 4.57 Å². The van der Waals surface area contributed by atoms with Crippen molar-refractivity contribution in [1.29, 1.82) is 0 Å². The first-order chi connectivity index (χ1) is 38.1. The van der Waals surface area contributed by atoms with Crippen LogP contribution in [0.3, 0.4) is 0 Å². The van der Waals surface area contributed by atoms with Crippen LogP contribution in [0.25, 0.3) is 89.7 Å². The van der Waals surface area contributed by atoms with Gasteiger partial charge in [-0.05, 0) is 76.5 Å². The minimum absolute atomic E-state index is 0. The minimum atomic E-state index is -1.39. The van der Waals surface area contributed by atoms with Gasteiger partial charge in [0.2, 0.25) is 0 Å². The van der Waals surface area contributed by atoms with Gasteiger partial charge in [0.1, 0.15) is 47.1 Å². The normalized spacial score (nSPS) is 11.4. The summed E-state index contributed by atoms with van der Waals surface area (Å²) in [6.45, 7) is -0.604. The van der Waals surface area contributed by atoms with E-state index in [1.54, 1.807) is 6.07 Å². The number of carboxylic acid groups (broad SMARTS) is 4. The summed E-state index contributed by atoms with van der Waals surface area (Å²) in [5.41, 5.74) is 3.12. The van der Waals surface area contributed by atoms with Crippen molar-refractivity contribution in [3.05, 3.63) is 176 Å². The number of hydrogen-bond donors (Lipinski definition) is 4. The molecule has 3 aromatic heterocycles. The number of aromatic carboxylic acids is 4. The van der Waals surface area contributed by atoms with Gasteiger partial charge in [0.15, 0.2) is 5.75 Å². The molecule has 12 rings (SSSR count). The van der Waals surface area contributed by atoms with Crippen LogP contribution in [0.5, 0.6) is 23.0 Å². The van der Waals surface area contributed by atoms with Crippen molar-refractivity contribution in [2.75, 3.05) is 0 Å². The van der Waals surface area contributed by atoms with Crippen molar-refractivity contribution in [2.45, 2.75) is 13.2 Å². The van der Waals surface area contributed by atoms with E-state index in [9.17, 15) is 39.6 Å². The summed E-state index contributed by atoms with van der Waals surface area (Å²) in [6, 6.07) is 34.0. The Bertz CT molecular complexity index is 4370. The molecule has 80 heavy (non-hydrogen) atoms. The van der Waals surface area contributed by atoms with Crippen LogP contribution in [0.15, 0.2) is 127 Å². The maximum absolute atomic E-state index is 11.9. The van der Waals surface area contributed by atoms with Gasteiger partial charge in [0, 0.05) is 55.6 Å². The fourth-order valence-electron chi connectivity index (χ4n) is 9.32. The third kappa shape index (κ3) is 9.53. The molecule has 388 valence electrons. The van der Waals surface area contributed by atoms with Gasteiger partial charge in [0.25, 0.3) is 0 Å². The van der Waals surface area contributed by atoms with Gasteiger partial charge in [0.05, 0.1) is 51.0 Å². The van der Waals surface area contributed by atoms with E-state index < -0.39 is 23.9 Å². The Kier molecular flexibility index (Phi) is 13.7. The molecule has 10 aromatic rings. The molecule has 8 bridgehead atoms. The summed E-state index contributed by atoms with van der Waals surface area (Å²) < 4.78 is 20.3. The van der Waals surface area contributed by atoms with Gasteiger partial charge in [-0.25, -0.2) is 24.2 Å². The molecule has 2 aliphatic rings. The van der Waals surface area contributed by atoms with Gasteiger partial charge in [-0.2, -0.15) is 0 Å². The summed E-state index contributed by atoms with van der Waals surface area (Å²) in [5.74, 6) is -4.24. The van der Waals surface area contributed by atoms with Crippen LogP contribution in [0, 0.1) is 0 Å². The zero-order valence-corrected chi connectivity index (χ0v) is 46.3. The zero-order chi connectivity index (χ0) is 55.0. The van der Waals surface area contributed by atoms with Crippen molar-refractivity contribution >= 4 is 103 Å². The first-order valence-electron chi connectivity index (χ1n) is 23.6. The van der Waals surface area contributed by atoms with Crippen LogP contribution in [0.4, 0.5) is 0 Å². The van der Waals surface area contributed by atoms with Crippen LogP contribution < -0.4 is 28.7 Å². The largest absolute Gasteiger partial charge is 2.00 e. The van der Waals surface area contributed by atoms with Crippen molar-refractivity contribution in [2.24, 2.45) is 7.05 Å². The van der Waals surface area contributed by atoms with Crippen molar-refractivity contribution in [3.8, 4) is 68.5 Å². The monoisotopic (exact) mass is 1170 g/mol. The van der Waals surface area contributed by atoms with E-state index >= 15 is 0 Å². The maximum atomic E-state index is 11.9. The van der Waals surface area contributed by atoms with Crippen LogP contribution in [0.1, 0.15) is 52.6 Å². The van der Waals surface area contributed by atoms with Gasteiger partial charge < -0.3 is 64.5 Å². The summed E-state index contributed by atoms with van der Waals surface area (Å²) in [6.07, 6.45) is 0. The van der Waals surface area contributed by atoms with E-state index in [1.807, 2.05) is 84.4 Å². The number of rotatable bonds is 12. The van der Waals surface area contributed by atoms with Crippen molar-refractivity contribution in [1.82, 2.24) is 34.9 Å². The quantitative estimate of drug-likeness (QED) is 0.0503. The number of benzene rings is 7. The Hall–Kier alpha value is -9.33. The Morgan fingerprint density at radius 3 is 1.36 bits per heavy atom. The number of halogens is 3. The number of ether oxygens (including phenoxy) is 3. The number of carboxylic acids is 4. The number of carbonyl (C=O) groups is 4. The number of fused-ring (bicyclic) bond motifs is 20. The minimum Gasteiger partial charge on any atom is -0.489 e. The van der Waals surface area contributed by atoms with Gasteiger partial charge in [-0.1, -0.05) is 108 Å². The fraction of sp³-hybridized carbons (Fsp3) is 0.0526. The van der Waals surface area contributed by atoms with Crippen molar-refractivity contribution < 1.29 is 77.9 Å². The van der Waals surface area contributed by atoms with Crippen LogP contribution >= 0.6 is 34.8 Å². The van der Waals surface area contributed by atoms with Crippen LogP contribution in [-0.4, -0.2) is 69.2 Å². The molecule has 5 heterocycles. The summed E-state index contributed by atoms with van der Waals surface area (Å²) in [4.78, 5) is 82.9. The molecule has 0 saturated heterocycles. The Labute approximate surface area is 477 Å². The second-order valence-electron chi connectivity index (χ2n) is 18.0. The smallest absolute Gasteiger partial charge is 0.489 e. The molecule has 0 radical (unpaired) electrons. The molecule has 0 aliphatic carbocycles. The zero-order valence-electron chi connectivity index (χ0n) is 41.1. The molecule has 0 fully saturated rings. The summed E-state index contributed by atoms with van der Waals surface area (Å²) >= 11 is 22.0. The Morgan fingerprint density at radius 2 is 0.875 bits per heavy atom. The molecule has 23 heteroatoms. The first-order valence-corrected chi connectivity index (χ1v) is 24.7. The van der Waals surface area contributed by atoms with Crippen LogP contribution in [0.2, 0.25) is 15.1 Å². The second-order valence-corrected chi connectivity index (χ2v) is 19.1. The molecule has 0 unspecified atom stereocenters. The molecule has 0 atom stereocenters. The molecular formula is C57H32Cl3N8O11Zn+. The standard InChI is InChI=1S/C57H33Cl3N8O11.Zn/c1-68-52-38-12-6-7-13-39(38)53(68)67-51-41-40(50(65-51)64-48-35-9-3-2-8-34(35)46(62-48)61-47-36-10-4-5-11-37(36)49(63-47)66-52)42(58)44(60)45(43(41)59)79-33-15-25(23-77-31-19-27(54(69)70)17-28(20-31)55(71)72)14-26(16-33)24-78-32-21-29(56(73)74)18-30(22-32)57(75)76;/h2-22H,23-24H2,1H3,(H5,61,62,63,64,65,66,67,69,70,71,72,73,74,75,76);/q;+2/p-1. The molecule has 19 nitrogen and oxygen atoms in total. The van der Waals surface area contributed by atoms with E-state index in [2.05, 4.69) is 0 Å². The molecule has 0 amide bonds. The molecule has 2 aliphatic heterocycles. The molecular weight excluding hydrogens is 1140 g/mol. The SMILES string of the molecule is C[n+]1c2nc3[n-]c(nc4nc(nc5[n-]c(nc1-c1ccccc1-2)c1c(Cl)c(Oc2cc(COc6cc(C(=O)O)cc(C(=O)O)c6)cc(COc6cc(C(=O)O)cc(C(=O)O)c6)c2)c(Cl)c(Cl)c51)-c1ccccc1-4)c1ccccc31.[Zn+2].